The normalized spacial score (nSPS) is 20.9. The second-order valence-corrected chi connectivity index (χ2v) is 7.11. The number of nitrogen functional groups attached to an aromatic ring is 1. The lowest BCUT2D eigenvalue weighted by Crippen LogP contribution is -2.48. The zero-order valence-electron chi connectivity index (χ0n) is 15.7. The van der Waals surface area contributed by atoms with Gasteiger partial charge < -0.3 is 15.5 Å². The van der Waals surface area contributed by atoms with Crippen molar-refractivity contribution in [2.24, 2.45) is 0 Å². The quantitative estimate of drug-likeness (QED) is 0.791. The summed E-state index contributed by atoms with van der Waals surface area (Å²) in [6.45, 7) is 10.6. The molecule has 4 nitrogen and oxygen atoms in total. The lowest BCUT2D eigenvalue weighted by atomic mass is 9.96. The Bertz CT molecular complexity index is 542. The van der Waals surface area contributed by atoms with Crippen molar-refractivity contribution in [3.05, 3.63) is 23.8 Å². The molecule has 2 rings (SSSR count). The minimum atomic E-state index is 0.134. The Morgan fingerprint density at radius 2 is 1.75 bits per heavy atom. The fourth-order valence-corrected chi connectivity index (χ4v) is 3.85. The van der Waals surface area contributed by atoms with E-state index < -0.39 is 0 Å². The molecule has 1 aromatic carbocycles. The van der Waals surface area contributed by atoms with E-state index in [-0.39, 0.29) is 5.91 Å². The lowest BCUT2D eigenvalue weighted by Gasteiger charge is -2.40. The van der Waals surface area contributed by atoms with Gasteiger partial charge in [-0.2, -0.15) is 0 Å². The van der Waals surface area contributed by atoms with Crippen LogP contribution in [0, 0.1) is 0 Å². The molecule has 1 heterocycles. The molecule has 0 aromatic heterocycles. The first-order valence-corrected chi connectivity index (χ1v) is 9.46. The van der Waals surface area contributed by atoms with Crippen LogP contribution >= 0.6 is 0 Å². The number of likely N-dealkylation sites (tertiary alicyclic amines) is 1. The molecule has 24 heavy (non-hydrogen) atoms. The molecule has 1 amide bonds. The zero-order valence-corrected chi connectivity index (χ0v) is 15.7. The van der Waals surface area contributed by atoms with Gasteiger partial charge in [-0.3, -0.25) is 4.79 Å². The predicted molar refractivity (Wildman–Crippen MR) is 103 cm³/mol. The van der Waals surface area contributed by atoms with Gasteiger partial charge in [0.15, 0.2) is 0 Å². The molecule has 134 valence electrons. The van der Waals surface area contributed by atoms with Crippen molar-refractivity contribution in [2.75, 3.05) is 23.7 Å². The number of hydrogen-bond acceptors (Lipinski definition) is 3. The molecule has 0 spiro atoms. The molecule has 0 radical (unpaired) electrons. The molecule has 1 aliphatic rings. The molecule has 1 aromatic rings. The summed E-state index contributed by atoms with van der Waals surface area (Å²) in [7, 11) is 0. The summed E-state index contributed by atoms with van der Waals surface area (Å²) in [4.78, 5) is 17.7. The number of benzene rings is 1. The van der Waals surface area contributed by atoms with Gasteiger partial charge in [0.25, 0.3) is 5.91 Å². The van der Waals surface area contributed by atoms with Crippen molar-refractivity contribution in [3.63, 3.8) is 0 Å². The molecule has 0 bridgehead atoms. The summed E-state index contributed by atoms with van der Waals surface area (Å²) >= 11 is 0. The van der Waals surface area contributed by atoms with Crippen LogP contribution in [0.5, 0.6) is 0 Å². The van der Waals surface area contributed by atoms with E-state index in [1.165, 1.54) is 6.42 Å². The number of hydrogen-bond donors (Lipinski definition) is 1. The first-order valence-electron chi connectivity index (χ1n) is 9.46. The van der Waals surface area contributed by atoms with Gasteiger partial charge in [-0.05, 0) is 64.2 Å². The van der Waals surface area contributed by atoms with Crippen molar-refractivity contribution in [2.45, 2.75) is 71.9 Å². The molecular weight excluding hydrogens is 298 g/mol. The number of carbonyl (C=O) groups is 1. The van der Waals surface area contributed by atoms with E-state index in [0.29, 0.717) is 17.8 Å². The van der Waals surface area contributed by atoms with E-state index in [9.17, 15) is 4.79 Å². The molecular formula is C20H33N3O. The summed E-state index contributed by atoms with van der Waals surface area (Å²) in [5.74, 6) is 0.134. The van der Waals surface area contributed by atoms with Crippen LogP contribution in [0.15, 0.2) is 18.2 Å². The van der Waals surface area contributed by atoms with Gasteiger partial charge in [0.05, 0.1) is 5.56 Å². The highest BCUT2D eigenvalue weighted by Crippen LogP contribution is 2.30. The van der Waals surface area contributed by atoms with Crippen LogP contribution in [0.2, 0.25) is 0 Å². The highest BCUT2D eigenvalue weighted by Gasteiger charge is 2.31. The molecule has 2 unspecified atom stereocenters. The number of amides is 1. The van der Waals surface area contributed by atoms with Gasteiger partial charge in [-0.25, -0.2) is 0 Å². The van der Waals surface area contributed by atoms with Crippen LogP contribution < -0.4 is 10.6 Å². The van der Waals surface area contributed by atoms with E-state index in [0.717, 1.165) is 50.0 Å². The number of nitrogens with zero attached hydrogens (tertiary/aromatic N) is 2. The van der Waals surface area contributed by atoms with E-state index >= 15 is 0 Å². The minimum Gasteiger partial charge on any atom is -0.399 e. The summed E-state index contributed by atoms with van der Waals surface area (Å²) in [6, 6.07) is 6.38. The lowest BCUT2D eigenvalue weighted by molar-refractivity contribution is 0.0511. The summed E-state index contributed by atoms with van der Waals surface area (Å²) in [5, 5.41) is 0. The maximum absolute atomic E-state index is 13.4. The van der Waals surface area contributed by atoms with Gasteiger partial charge in [0.1, 0.15) is 0 Å². The molecule has 0 saturated carbocycles. The van der Waals surface area contributed by atoms with Crippen molar-refractivity contribution in [1.29, 1.82) is 0 Å². The average molecular weight is 332 g/mol. The van der Waals surface area contributed by atoms with Gasteiger partial charge >= 0.3 is 0 Å². The molecule has 0 aliphatic carbocycles. The highest BCUT2D eigenvalue weighted by molar-refractivity contribution is 6.01. The average Bonchev–Trinajstić information content (AvgIpc) is 2.54. The number of anilines is 2. The smallest absolute Gasteiger partial charge is 0.256 e. The Hall–Kier alpha value is -1.71. The predicted octanol–water partition coefficient (Wildman–Crippen LogP) is 4.30. The van der Waals surface area contributed by atoms with Crippen molar-refractivity contribution >= 4 is 17.3 Å². The number of nitrogens with two attached hydrogens (primary N) is 1. The Morgan fingerprint density at radius 1 is 1.17 bits per heavy atom. The van der Waals surface area contributed by atoms with Gasteiger partial charge in [-0.15, -0.1) is 0 Å². The Balaban J connectivity index is 2.40. The monoisotopic (exact) mass is 331 g/mol. The van der Waals surface area contributed by atoms with Crippen LogP contribution in [0.25, 0.3) is 0 Å². The van der Waals surface area contributed by atoms with E-state index in [1.807, 2.05) is 18.2 Å². The second-order valence-electron chi connectivity index (χ2n) is 7.11. The first-order chi connectivity index (χ1) is 11.5. The van der Waals surface area contributed by atoms with Gasteiger partial charge in [0.2, 0.25) is 0 Å². The van der Waals surface area contributed by atoms with Crippen LogP contribution in [0.3, 0.4) is 0 Å². The highest BCUT2D eigenvalue weighted by atomic mass is 16.2. The Labute approximate surface area is 147 Å². The van der Waals surface area contributed by atoms with Crippen LogP contribution in [0.4, 0.5) is 11.4 Å². The molecule has 1 saturated heterocycles. The Kier molecular flexibility index (Phi) is 6.52. The summed E-state index contributed by atoms with van der Waals surface area (Å²) in [5.41, 5.74) is 8.47. The fraction of sp³-hybridized carbons (Fsp3) is 0.650. The Morgan fingerprint density at radius 3 is 2.29 bits per heavy atom. The standard InChI is InChI=1S/C20H33N3O/c1-5-12-22(13-6-2)19-11-10-17(21)14-18(19)20(24)23-15(3)8-7-9-16(23)4/h10-11,14-16H,5-9,12-13,21H2,1-4H3. The second kappa shape index (κ2) is 8.41. The number of piperidine rings is 1. The minimum absolute atomic E-state index is 0.134. The third kappa shape index (κ3) is 4.03. The van der Waals surface area contributed by atoms with Crippen molar-refractivity contribution in [3.8, 4) is 0 Å². The van der Waals surface area contributed by atoms with Crippen molar-refractivity contribution in [1.82, 2.24) is 4.90 Å². The zero-order chi connectivity index (χ0) is 17.7. The maximum atomic E-state index is 13.4. The third-order valence-corrected chi connectivity index (χ3v) is 5.01. The van der Waals surface area contributed by atoms with E-state index in [2.05, 4.69) is 37.5 Å². The van der Waals surface area contributed by atoms with Gasteiger partial charge in [0, 0.05) is 36.5 Å². The van der Waals surface area contributed by atoms with Crippen LogP contribution in [-0.4, -0.2) is 36.0 Å². The topological polar surface area (TPSA) is 49.6 Å². The molecule has 4 heteroatoms. The molecule has 2 atom stereocenters. The third-order valence-electron chi connectivity index (χ3n) is 5.01. The van der Waals surface area contributed by atoms with Crippen LogP contribution in [-0.2, 0) is 0 Å². The molecule has 2 N–H and O–H groups in total. The van der Waals surface area contributed by atoms with E-state index in [1.54, 1.807) is 0 Å². The van der Waals surface area contributed by atoms with Crippen molar-refractivity contribution < 1.29 is 4.79 Å². The van der Waals surface area contributed by atoms with E-state index in [4.69, 9.17) is 5.73 Å². The largest absolute Gasteiger partial charge is 0.399 e. The summed E-state index contributed by atoms with van der Waals surface area (Å²) < 4.78 is 0. The number of rotatable bonds is 6. The molecule has 1 aliphatic heterocycles. The molecule has 1 fully saturated rings. The van der Waals surface area contributed by atoms with Crippen LogP contribution in [0.1, 0.15) is 70.2 Å². The summed E-state index contributed by atoms with van der Waals surface area (Å²) in [6.07, 6.45) is 5.50. The SMILES string of the molecule is CCCN(CCC)c1ccc(N)cc1C(=O)N1C(C)CCCC1C. The van der Waals surface area contributed by atoms with Gasteiger partial charge in [-0.1, -0.05) is 13.8 Å². The maximum Gasteiger partial charge on any atom is 0.256 e. The number of carbonyl (C=O) groups excluding carboxylic acids is 1. The first kappa shape index (κ1) is 18.6. The fourth-order valence-electron chi connectivity index (χ4n) is 3.85.